The zero-order valence-electron chi connectivity index (χ0n) is 16.8. The second-order valence-corrected chi connectivity index (χ2v) is 7.64. The Bertz CT molecular complexity index is 1150. The summed E-state index contributed by atoms with van der Waals surface area (Å²) in [6, 6.07) is 0. The molecule has 1 saturated heterocycles. The highest BCUT2D eigenvalue weighted by Gasteiger charge is 2.49. The van der Waals surface area contributed by atoms with E-state index in [2.05, 4.69) is 27.1 Å². The van der Waals surface area contributed by atoms with Crippen molar-refractivity contribution in [3.8, 4) is 0 Å². The molecule has 1 fully saturated rings. The summed E-state index contributed by atoms with van der Waals surface area (Å²) in [6.45, 7) is 0. The van der Waals surface area contributed by atoms with Crippen molar-refractivity contribution in [3.05, 3.63) is 72.4 Å². The van der Waals surface area contributed by atoms with Crippen molar-refractivity contribution in [2.75, 3.05) is 12.8 Å². The second kappa shape index (κ2) is 7.86. The van der Waals surface area contributed by atoms with Crippen LogP contribution in [0.4, 0.5) is 5.82 Å². The number of methoxy groups -OCH3 is 1. The summed E-state index contributed by atoms with van der Waals surface area (Å²) >= 11 is 0. The van der Waals surface area contributed by atoms with E-state index in [1.165, 1.54) is 12.7 Å². The van der Waals surface area contributed by atoms with E-state index in [1.807, 2.05) is 36.5 Å². The van der Waals surface area contributed by atoms with Gasteiger partial charge >= 0.3 is 0 Å². The van der Waals surface area contributed by atoms with Gasteiger partial charge in [0.25, 0.3) is 0 Å². The molecule has 9 heteroatoms. The van der Waals surface area contributed by atoms with Crippen LogP contribution < -0.4 is 5.73 Å². The smallest absolute Gasteiger partial charge is 0.167 e. The van der Waals surface area contributed by atoms with Crippen LogP contribution in [0, 0.1) is 5.92 Å². The van der Waals surface area contributed by atoms with Crippen molar-refractivity contribution in [1.29, 1.82) is 0 Å². The van der Waals surface area contributed by atoms with Crippen molar-refractivity contribution < 1.29 is 19.7 Å². The molecule has 2 aliphatic carbocycles. The van der Waals surface area contributed by atoms with Crippen molar-refractivity contribution >= 4 is 17.0 Å². The number of hydrogen-bond acceptors (Lipinski definition) is 8. The van der Waals surface area contributed by atoms with Crippen LogP contribution in [0.25, 0.3) is 11.2 Å². The topological polar surface area (TPSA) is 129 Å². The molecular weight excluding hydrogens is 398 g/mol. The minimum absolute atomic E-state index is 0.101. The number of anilines is 1. The van der Waals surface area contributed by atoms with Gasteiger partial charge in [-0.25, -0.2) is 15.0 Å². The van der Waals surface area contributed by atoms with Crippen molar-refractivity contribution in [1.82, 2.24) is 19.5 Å². The van der Waals surface area contributed by atoms with E-state index >= 15 is 0 Å². The molecule has 2 aromatic rings. The highest BCUT2D eigenvalue weighted by Crippen LogP contribution is 2.39. The summed E-state index contributed by atoms with van der Waals surface area (Å²) in [7, 11) is 1.57. The third-order valence-electron chi connectivity index (χ3n) is 5.90. The summed E-state index contributed by atoms with van der Waals surface area (Å²) in [5.41, 5.74) is 8.64. The summed E-state index contributed by atoms with van der Waals surface area (Å²) in [5, 5.41) is 21.7. The van der Waals surface area contributed by atoms with Crippen molar-refractivity contribution in [3.63, 3.8) is 0 Å². The molecule has 0 bridgehead atoms. The lowest BCUT2D eigenvalue weighted by Crippen LogP contribution is -2.41. The fraction of sp³-hybridized carbons (Fsp3) is 0.318. The maximum absolute atomic E-state index is 10.9. The summed E-state index contributed by atoms with van der Waals surface area (Å²) in [4.78, 5) is 12.4. The Morgan fingerprint density at radius 2 is 1.90 bits per heavy atom. The molecule has 9 nitrogen and oxygen atoms in total. The monoisotopic (exact) mass is 421 g/mol. The van der Waals surface area contributed by atoms with Crippen LogP contribution >= 0.6 is 0 Å². The molecule has 0 spiro atoms. The average molecular weight is 421 g/mol. The lowest BCUT2D eigenvalue weighted by atomic mass is 9.83. The maximum Gasteiger partial charge on any atom is 0.167 e. The lowest BCUT2D eigenvalue weighted by molar-refractivity contribution is -0.0831. The Labute approximate surface area is 178 Å². The first-order valence-electron chi connectivity index (χ1n) is 10.0. The average Bonchev–Trinajstić information content (AvgIpc) is 3.21. The zero-order valence-corrected chi connectivity index (χ0v) is 16.8. The SMILES string of the molecule is COC(C1=CC=CC2C=CC=CC=C12)[C@H]1O[C@@H](n2cnc3c(N)ncnc32)[C@H](O)[C@@H]1O. The third-order valence-corrected chi connectivity index (χ3v) is 5.90. The van der Waals surface area contributed by atoms with Gasteiger partial charge in [0, 0.05) is 13.0 Å². The van der Waals surface area contributed by atoms with E-state index in [0.717, 1.165) is 11.1 Å². The standard InChI is InChI=1S/C22H23N5O4/c1-30-18(14-9-5-7-12-6-3-2-4-8-13(12)14)19-16(28)17(29)22(31-19)27-11-26-15-20(23)24-10-25-21(15)27/h2-12,16-19,22,28-29H,1H3,(H2,23,24,25)/t12?,16-,17+,18?,19-,22+/m0/s1. The van der Waals surface area contributed by atoms with E-state index in [9.17, 15) is 10.2 Å². The van der Waals surface area contributed by atoms with Gasteiger partial charge < -0.3 is 25.4 Å². The third kappa shape index (κ3) is 3.22. The molecule has 2 aromatic heterocycles. The van der Waals surface area contributed by atoms with Gasteiger partial charge in [-0.3, -0.25) is 4.57 Å². The number of aliphatic hydroxyl groups excluding tert-OH is 2. The van der Waals surface area contributed by atoms with Crippen molar-refractivity contribution in [2.24, 2.45) is 5.92 Å². The van der Waals surface area contributed by atoms with Gasteiger partial charge in [-0.05, 0) is 11.1 Å². The van der Waals surface area contributed by atoms with E-state index in [4.69, 9.17) is 15.2 Å². The molecular formula is C22H23N5O4. The predicted molar refractivity (Wildman–Crippen MR) is 114 cm³/mol. The predicted octanol–water partition coefficient (Wildman–Crippen LogP) is 1.21. The highest BCUT2D eigenvalue weighted by atomic mass is 16.6. The quantitative estimate of drug-likeness (QED) is 0.672. The molecule has 6 atom stereocenters. The molecule has 5 rings (SSSR count). The summed E-state index contributed by atoms with van der Waals surface area (Å²) in [6.07, 6.45) is 14.2. The number of aliphatic hydroxyl groups is 2. The fourth-order valence-corrected chi connectivity index (χ4v) is 4.37. The molecule has 0 aromatic carbocycles. The molecule has 31 heavy (non-hydrogen) atoms. The molecule has 3 heterocycles. The van der Waals surface area contributed by atoms with Crippen LogP contribution in [0.5, 0.6) is 0 Å². The first-order valence-corrected chi connectivity index (χ1v) is 10.0. The van der Waals surface area contributed by atoms with E-state index in [1.54, 1.807) is 11.7 Å². The molecule has 4 N–H and O–H groups in total. The Morgan fingerprint density at radius 3 is 2.74 bits per heavy atom. The number of ether oxygens (including phenoxy) is 2. The first-order chi connectivity index (χ1) is 15.1. The molecule has 0 amide bonds. The Morgan fingerprint density at radius 1 is 1.06 bits per heavy atom. The van der Waals surface area contributed by atoms with Gasteiger partial charge in [0.05, 0.1) is 6.33 Å². The number of imidazole rings is 1. The van der Waals surface area contributed by atoms with Gasteiger partial charge in [-0.15, -0.1) is 0 Å². The molecule has 3 aliphatic rings. The number of rotatable bonds is 4. The molecule has 0 saturated carbocycles. The minimum Gasteiger partial charge on any atom is -0.387 e. The van der Waals surface area contributed by atoms with Crippen LogP contribution in [0.3, 0.4) is 0 Å². The number of allylic oxidation sites excluding steroid dienone is 8. The molecule has 1 aliphatic heterocycles. The van der Waals surface area contributed by atoms with Gasteiger partial charge in [0.15, 0.2) is 17.7 Å². The van der Waals surface area contributed by atoms with Crippen molar-refractivity contribution in [2.45, 2.75) is 30.6 Å². The zero-order chi connectivity index (χ0) is 21.5. The number of nitrogens with zero attached hydrogens (tertiary/aromatic N) is 4. The highest BCUT2D eigenvalue weighted by molar-refractivity contribution is 5.81. The number of hydrogen-bond donors (Lipinski definition) is 3. The van der Waals surface area contributed by atoms with Crippen LogP contribution in [0.15, 0.2) is 72.4 Å². The van der Waals surface area contributed by atoms with Gasteiger partial charge in [-0.2, -0.15) is 0 Å². The van der Waals surface area contributed by atoms with Gasteiger partial charge in [-0.1, -0.05) is 48.6 Å². The van der Waals surface area contributed by atoms with Crippen LogP contribution in [0.2, 0.25) is 0 Å². The van der Waals surface area contributed by atoms with Crippen LogP contribution in [0.1, 0.15) is 6.23 Å². The largest absolute Gasteiger partial charge is 0.387 e. The van der Waals surface area contributed by atoms with Crippen LogP contribution in [-0.4, -0.2) is 61.3 Å². The first kappa shape index (κ1) is 19.8. The number of aromatic nitrogens is 4. The Balaban J connectivity index is 1.48. The Kier molecular flexibility index (Phi) is 5.03. The Hall–Kier alpha value is -3.11. The molecule has 2 unspecified atom stereocenters. The molecule has 0 radical (unpaired) electrons. The van der Waals surface area contributed by atoms with E-state index in [0.29, 0.717) is 11.2 Å². The molecule has 160 valence electrons. The maximum atomic E-state index is 10.9. The van der Waals surface area contributed by atoms with Crippen LogP contribution in [-0.2, 0) is 9.47 Å². The number of nitrogens with two attached hydrogens (primary N) is 1. The number of nitrogen functional groups attached to an aromatic ring is 1. The second-order valence-electron chi connectivity index (χ2n) is 7.64. The fourth-order valence-electron chi connectivity index (χ4n) is 4.37. The minimum atomic E-state index is -1.21. The summed E-state index contributed by atoms with van der Waals surface area (Å²) < 4.78 is 13.5. The number of fused-ring (bicyclic) bond motifs is 2. The normalized spacial score (nSPS) is 30.7. The lowest BCUT2D eigenvalue weighted by Gasteiger charge is -2.31. The van der Waals surface area contributed by atoms with E-state index in [-0.39, 0.29) is 11.7 Å². The van der Waals surface area contributed by atoms with Gasteiger partial charge in [0.2, 0.25) is 0 Å². The van der Waals surface area contributed by atoms with Gasteiger partial charge in [0.1, 0.15) is 36.3 Å². The summed E-state index contributed by atoms with van der Waals surface area (Å²) in [5.74, 6) is 0.332. The van der Waals surface area contributed by atoms with E-state index < -0.39 is 30.6 Å².